The lowest BCUT2D eigenvalue weighted by Gasteiger charge is -2.14. The van der Waals surface area contributed by atoms with Gasteiger partial charge in [0.2, 0.25) is 0 Å². The summed E-state index contributed by atoms with van der Waals surface area (Å²) in [4.78, 5) is 24.8. The van der Waals surface area contributed by atoms with Crippen molar-refractivity contribution >= 4 is 63.1 Å². The van der Waals surface area contributed by atoms with Crippen LogP contribution in [0.2, 0.25) is 5.02 Å². The molecular weight excluding hydrogens is 490 g/mol. The highest BCUT2D eigenvalue weighted by Crippen LogP contribution is 2.29. The van der Waals surface area contributed by atoms with Crippen LogP contribution in [0.15, 0.2) is 77.2 Å². The minimum absolute atomic E-state index is 0.0684. The van der Waals surface area contributed by atoms with Crippen molar-refractivity contribution in [3.05, 3.63) is 83.6 Å². The van der Waals surface area contributed by atoms with Crippen molar-refractivity contribution in [1.82, 2.24) is 5.32 Å². The molecule has 4 aromatic rings. The van der Waals surface area contributed by atoms with Crippen LogP contribution in [0, 0.1) is 0 Å². The molecule has 0 saturated carbocycles. The molecule has 3 aromatic carbocycles. The number of ether oxygens (including phenoxy) is 2. The molecule has 0 unspecified atom stereocenters. The number of thiocarbonyl (C=S) groups is 1. The molecule has 1 aromatic heterocycles. The second-order valence-corrected chi connectivity index (χ2v) is 8.05. The molecule has 4 rings (SSSR count). The van der Waals surface area contributed by atoms with E-state index in [4.69, 9.17) is 37.7 Å². The van der Waals surface area contributed by atoms with Crippen LogP contribution in [0.3, 0.4) is 0 Å². The molecule has 0 aliphatic carbocycles. The summed E-state index contributed by atoms with van der Waals surface area (Å²) in [6.45, 7) is -0.262. The number of halogens is 1. The predicted molar refractivity (Wildman–Crippen MR) is 138 cm³/mol. The number of para-hydroxylation sites is 2. The van der Waals surface area contributed by atoms with Gasteiger partial charge in [0, 0.05) is 17.1 Å². The number of rotatable bonds is 7. The van der Waals surface area contributed by atoms with E-state index in [2.05, 4.69) is 16.0 Å². The lowest BCUT2D eigenvalue weighted by molar-refractivity contribution is -0.121. The molecule has 2 amide bonds. The predicted octanol–water partition coefficient (Wildman–Crippen LogP) is 5.24. The largest absolute Gasteiger partial charge is 0.494 e. The molecule has 0 spiro atoms. The average molecular weight is 510 g/mol. The van der Waals surface area contributed by atoms with E-state index < -0.39 is 11.8 Å². The highest BCUT2D eigenvalue weighted by atomic mass is 35.5. The van der Waals surface area contributed by atoms with Crippen LogP contribution in [0.5, 0.6) is 11.5 Å². The van der Waals surface area contributed by atoms with E-state index >= 15 is 0 Å². The Morgan fingerprint density at radius 1 is 0.971 bits per heavy atom. The summed E-state index contributed by atoms with van der Waals surface area (Å²) < 4.78 is 16.4. The number of carbonyl (C=O) groups excluding carboxylic acids is 2. The lowest BCUT2D eigenvalue weighted by atomic mass is 10.2. The number of methoxy groups -OCH3 is 1. The van der Waals surface area contributed by atoms with Crippen LogP contribution in [-0.4, -0.2) is 30.6 Å². The molecular formula is C25H20ClN3O5S. The fourth-order valence-corrected chi connectivity index (χ4v) is 3.60. The van der Waals surface area contributed by atoms with Gasteiger partial charge >= 0.3 is 0 Å². The molecule has 0 aliphatic heterocycles. The summed E-state index contributed by atoms with van der Waals surface area (Å²) in [7, 11) is 1.47. The summed E-state index contributed by atoms with van der Waals surface area (Å²) in [6, 6.07) is 20.8. The molecule has 0 fully saturated rings. The standard InChI is InChI=1S/C25H20ClN3O5S/c1-32-21-13-16(27-25(35)29-23(30)14-33-20-9-5-3-7-17(20)26)10-11-18(21)28-24(31)22-12-15-6-2-4-8-19(15)34-22/h2-13H,14H2,1H3,(H,28,31)(H2,27,29,30,35). The summed E-state index contributed by atoms with van der Waals surface area (Å²) in [5.74, 6) is 0.0906. The van der Waals surface area contributed by atoms with Crippen molar-refractivity contribution in [1.29, 1.82) is 0 Å². The van der Waals surface area contributed by atoms with Crippen LogP contribution in [0.25, 0.3) is 11.0 Å². The summed E-state index contributed by atoms with van der Waals surface area (Å²) in [5.41, 5.74) is 1.60. The normalized spacial score (nSPS) is 10.5. The third-order valence-corrected chi connectivity index (χ3v) is 5.32. The van der Waals surface area contributed by atoms with E-state index in [1.54, 1.807) is 54.6 Å². The number of furan rings is 1. The Bertz CT molecular complexity index is 1370. The zero-order valence-corrected chi connectivity index (χ0v) is 20.0. The number of amides is 2. The first-order valence-corrected chi connectivity index (χ1v) is 11.2. The van der Waals surface area contributed by atoms with Gasteiger partial charge in [-0.25, -0.2) is 0 Å². The first-order valence-electron chi connectivity index (χ1n) is 10.4. The van der Waals surface area contributed by atoms with Gasteiger partial charge < -0.3 is 24.5 Å². The Kier molecular flexibility index (Phi) is 7.49. The average Bonchev–Trinajstić information content (AvgIpc) is 3.29. The smallest absolute Gasteiger partial charge is 0.291 e. The summed E-state index contributed by atoms with van der Waals surface area (Å²) >= 11 is 11.2. The van der Waals surface area contributed by atoms with Gasteiger partial charge in [-0.1, -0.05) is 41.9 Å². The van der Waals surface area contributed by atoms with Gasteiger partial charge in [-0.15, -0.1) is 0 Å². The van der Waals surface area contributed by atoms with Crippen molar-refractivity contribution in [3.8, 4) is 11.5 Å². The maximum absolute atomic E-state index is 12.7. The molecule has 0 saturated heterocycles. The quantitative estimate of drug-likeness (QED) is 0.293. The molecule has 0 bridgehead atoms. The molecule has 35 heavy (non-hydrogen) atoms. The van der Waals surface area contributed by atoms with E-state index in [0.717, 1.165) is 5.39 Å². The third kappa shape index (κ3) is 6.08. The Morgan fingerprint density at radius 2 is 1.74 bits per heavy atom. The van der Waals surface area contributed by atoms with Gasteiger partial charge in [0.25, 0.3) is 11.8 Å². The second-order valence-electron chi connectivity index (χ2n) is 7.24. The highest BCUT2D eigenvalue weighted by Gasteiger charge is 2.15. The number of fused-ring (bicyclic) bond motifs is 1. The van der Waals surface area contributed by atoms with Crippen LogP contribution < -0.4 is 25.4 Å². The number of carbonyl (C=O) groups is 2. The van der Waals surface area contributed by atoms with Crippen molar-refractivity contribution < 1.29 is 23.5 Å². The molecule has 0 atom stereocenters. The zero-order valence-electron chi connectivity index (χ0n) is 18.5. The van der Waals surface area contributed by atoms with Crippen molar-refractivity contribution in [2.75, 3.05) is 24.4 Å². The molecule has 3 N–H and O–H groups in total. The SMILES string of the molecule is COc1cc(NC(=S)NC(=O)COc2ccccc2Cl)ccc1NC(=O)c1cc2ccccc2o1. The number of benzene rings is 3. The highest BCUT2D eigenvalue weighted by molar-refractivity contribution is 7.80. The van der Waals surface area contributed by atoms with Gasteiger partial charge in [0.15, 0.2) is 17.5 Å². The Hall–Kier alpha value is -4.08. The third-order valence-electron chi connectivity index (χ3n) is 4.81. The van der Waals surface area contributed by atoms with E-state index in [9.17, 15) is 9.59 Å². The fraction of sp³-hybridized carbons (Fsp3) is 0.0800. The van der Waals surface area contributed by atoms with Gasteiger partial charge in [-0.05, 0) is 48.6 Å². The van der Waals surface area contributed by atoms with Crippen molar-refractivity contribution in [2.24, 2.45) is 0 Å². The van der Waals surface area contributed by atoms with Crippen LogP contribution in [-0.2, 0) is 4.79 Å². The Morgan fingerprint density at radius 3 is 2.51 bits per heavy atom. The number of hydrogen-bond acceptors (Lipinski definition) is 6. The molecule has 1 heterocycles. The van der Waals surface area contributed by atoms with Crippen LogP contribution >= 0.6 is 23.8 Å². The van der Waals surface area contributed by atoms with Gasteiger partial charge in [0.1, 0.15) is 17.1 Å². The van der Waals surface area contributed by atoms with Crippen LogP contribution in [0.1, 0.15) is 10.6 Å². The molecule has 10 heteroatoms. The number of hydrogen-bond donors (Lipinski definition) is 3. The summed E-state index contributed by atoms with van der Waals surface area (Å²) in [6.07, 6.45) is 0. The summed E-state index contributed by atoms with van der Waals surface area (Å²) in [5, 5.41) is 9.50. The first-order chi connectivity index (χ1) is 16.9. The second kappa shape index (κ2) is 10.9. The van der Waals surface area contributed by atoms with Crippen molar-refractivity contribution in [3.63, 3.8) is 0 Å². The topological polar surface area (TPSA) is 102 Å². The fourth-order valence-electron chi connectivity index (χ4n) is 3.18. The number of anilines is 2. The van der Waals surface area contributed by atoms with Crippen LogP contribution in [0.4, 0.5) is 11.4 Å². The van der Waals surface area contributed by atoms with Gasteiger partial charge in [0.05, 0.1) is 17.8 Å². The molecule has 0 radical (unpaired) electrons. The first kappa shape index (κ1) is 24.1. The Balaban J connectivity index is 1.35. The van der Waals surface area contributed by atoms with E-state index in [1.165, 1.54) is 7.11 Å². The van der Waals surface area contributed by atoms with Gasteiger partial charge in [-0.2, -0.15) is 0 Å². The molecule has 178 valence electrons. The van der Waals surface area contributed by atoms with E-state index in [-0.39, 0.29) is 17.5 Å². The van der Waals surface area contributed by atoms with E-state index in [0.29, 0.717) is 33.5 Å². The lowest BCUT2D eigenvalue weighted by Crippen LogP contribution is -2.37. The van der Waals surface area contributed by atoms with Gasteiger partial charge in [-0.3, -0.25) is 14.9 Å². The number of nitrogens with one attached hydrogen (secondary N) is 3. The minimum atomic E-state index is -0.455. The minimum Gasteiger partial charge on any atom is -0.494 e. The monoisotopic (exact) mass is 509 g/mol. The zero-order chi connectivity index (χ0) is 24.8. The molecule has 8 nitrogen and oxygen atoms in total. The van der Waals surface area contributed by atoms with Crippen molar-refractivity contribution in [2.45, 2.75) is 0 Å². The van der Waals surface area contributed by atoms with E-state index in [1.807, 2.05) is 18.2 Å². The maximum Gasteiger partial charge on any atom is 0.291 e. The maximum atomic E-state index is 12.7. The Labute approximate surface area is 211 Å². The molecule has 0 aliphatic rings.